The normalized spacial score (nSPS) is 10.7. The largest absolute Gasteiger partial charge is 0.296 e. The molecule has 4 nitrogen and oxygen atoms in total. The molecule has 0 atom stereocenters. The molecule has 0 radical (unpaired) electrons. The highest BCUT2D eigenvalue weighted by atomic mass is 35.5. The molecule has 5 heteroatoms. The number of hydrogen-bond donors (Lipinski definition) is 1. The molecule has 0 spiro atoms. The Bertz CT molecular complexity index is 777. The predicted molar refractivity (Wildman–Crippen MR) is 78.4 cm³/mol. The zero-order chi connectivity index (χ0) is 13.9. The number of nitrogens with zero attached hydrogens (tertiary/aromatic N) is 2. The lowest BCUT2D eigenvalue weighted by Crippen LogP contribution is -2.18. The summed E-state index contributed by atoms with van der Waals surface area (Å²) in [5, 5.41) is 3.59. The molecule has 0 saturated heterocycles. The van der Waals surface area contributed by atoms with E-state index in [1.165, 1.54) is 4.68 Å². The first-order valence-corrected chi connectivity index (χ1v) is 6.57. The summed E-state index contributed by atoms with van der Waals surface area (Å²) >= 11 is 6.12. The number of rotatable bonds is 3. The van der Waals surface area contributed by atoms with E-state index in [1.54, 1.807) is 18.5 Å². The second-order valence-electron chi connectivity index (χ2n) is 4.40. The Kier molecular flexibility index (Phi) is 3.39. The molecule has 3 rings (SSSR count). The number of pyridine rings is 1. The fourth-order valence-corrected chi connectivity index (χ4v) is 2.24. The fraction of sp³-hybridized carbons (Fsp3) is 0.0667. The van der Waals surface area contributed by atoms with Crippen LogP contribution in [0.25, 0.3) is 5.82 Å². The maximum Gasteiger partial charge on any atom is 0.276 e. The number of hydrogen-bond acceptors (Lipinski definition) is 2. The summed E-state index contributed by atoms with van der Waals surface area (Å²) in [4.78, 5) is 16.5. The van der Waals surface area contributed by atoms with Gasteiger partial charge in [-0.25, -0.2) is 9.67 Å². The molecule has 0 amide bonds. The van der Waals surface area contributed by atoms with Gasteiger partial charge in [-0.15, -0.1) is 0 Å². The van der Waals surface area contributed by atoms with Gasteiger partial charge in [0.25, 0.3) is 5.56 Å². The standard InChI is InChI=1S/C15H12ClN3O/c16-13-6-2-1-5-11(13)9-12-10-18-19(15(12)20)14-7-3-4-8-17-14/h1-8,10,18H,9H2. The monoisotopic (exact) mass is 285 g/mol. The van der Waals surface area contributed by atoms with E-state index in [-0.39, 0.29) is 5.56 Å². The van der Waals surface area contributed by atoms with Gasteiger partial charge in [0.1, 0.15) is 0 Å². The Balaban J connectivity index is 1.96. The van der Waals surface area contributed by atoms with Gasteiger partial charge < -0.3 is 0 Å². The summed E-state index contributed by atoms with van der Waals surface area (Å²) in [7, 11) is 0. The maximum atomic E-state index is 12.3. The molecule has 2 heterocycles. The first-order valence-electron chi connectivity index (χ1n) is 6.20. The summed E-state index contributed by atoms with van der Waals surface area (Å²) < 4.78 is 1.42. The van der Waals surface area contributed by atoms with Crippen LogP contribution in [0.15, 0.2) is 59.7 Å². The van der Waals surface area contributed by atoms with Crippen molar-refractivity contribution in [3.05, 3.63) is 81.4 Å². The fourth-order valence-electron chi connectivity index (χ4n) is 2.04. The molecule has 0 saturated carbocycles. The number of aromatic nitrogens is 3. The van der Waals surface area contributed by atoms with Crippen molar-refractivity contribution in [3.63, 3.8) is 0 Å². The van der Waals surface area contributed by atoms with Crippen LogP contribution in [0.4, 0.5) is 0 Å². The molecule has 1 N–H and O–H groups in total. The van der Waals surface area contributed by atoms with Crippen molar-refractivity contribution in [1.82, 2.24) is 14.8 Å². The quantitative estimate of drug-likeness (QED) is 0.804. The van der Waals surface area contributed by atoms with E-state index in [1.807, 2.05) is 36.4 Å². The van der Waals surface area contributed by atoms with Crippen molar-refractivity contribution < 1.29 is 0 Å². The number of nitrogens with one attached hydrogen (secondary N) is 1. The lowest BCUT2D eigenvalue weighted by atomic mass is 10.1. The molecule has 2 aromatic heterocycles. The smallest absolute Gasteiger partial charge is 0.276 e. The van der Waals surface area contributed by atoms with Crippen LogP contribution in [0.2, 0.25) is 5.02 Å². The Morgan fingerprint density at radius 2 is 1.90 bits per heavy atom. The van der Waals surface area contributed by atoms with Gasteiger partial charge in [0.05, 0.1) is 0 Å². The van der Waals surface area contributed by atoms with Gasteiger partial charge in [-0.1, -0.05) is 35.9 Å². The van der Waals surface area contributed by atoms with E-state index in [4.69, 9.17) is 11.6 Å². The van der Waals surface area contributed by atoms with E-state index >= 15 is 0 Å². The Morgan fingerprint density at radius 3 is 2.65 bits per heavy atom. The minimum absolute atomic E-state index is 0.108. The van der Waals surface area contributed by atoms with E-state index in [2.05, 4.69) is 10.1 Å². The summed E-state index contributed by atoms with van der Waals surface area (Å²) in [5.74, 6) is 0.572. The van der Waals surface area contributed by atoms with Crippen molar-refractivity contribution in [2.75, 3.05) is 0 Å². The van der Waals surface area contributed by atoms with Gasteiger partial charge in [0.2, 0.25) is 0 Å². The molecule has 0 unspecified atom stereocenters. The van der Waals surface area contributed by atoms with Crippen LogP contribution in [-0.2, 0) is 6.42 Å². The Morgan fingerprint density at radius 1 is 1.10 bits per heavy atom. The van der Waals surface area contributed by atoms with Crippen molar-refractivity contribution in [3.8, 4) is 5.82 Å². The highest BCUT2D eigenvalue weighted by Crippen LogP contribution is 2.17. The van der Waals surface area contributed by atoms with Gasteiger partial charge in [0.15, 0.2) is 5.82 Å². The molecule has 0 fully saturated rings. The molecule has 0 aliphatic heterocycles. The first-order chi connectivity index (χ1) is 9.75. The van der Waals surface area contributed by atoms with E-state index in [9.17, 15) is 4.79 Å². The Labute approximate surface area is 120 Å². The summed E-state index contributed by atoms with van der Waals surface area (Å²) in [6.45, 7) is 0. The van der Waals surface area contributed by atoms with E-state index in [0.29, 0.717) is 22.8 Å². The van der Waals surface area contributed by atoms with Crippen molar-refractivity contribution in [2.24, 2.45) is 0 Å². The Hall–Kier alpha value is -2.33. The zero-order valence-corrected chi connectivity index (χ0v) is 11.3. The average Bonchev–Trinajstić information content (AvgIpc) is 2.84. The highest BCUT2D eigenvalue weighted by Gasteiger charge is 2.10. The molecular formula is C15H12ClN3O. The number of benzene rings is 1. The van der Waals surface area contributed by atoms with Gasteiger partial charge in [-0.05, 0) is 23.8 Å². The van der Waals surface area contributed by atoms with Crippen molar-refractivity contribution in [2.45, 2.75) is 6.42 Å². The van der Waals surface area contributed by atoms with E-state index in [0.717, 1.165) is 5.56 Å². The lowest BCUT2D eigenvalue weighted by Gasteiger charge is -2.01. The third kappa shape index (κ3) is 2.38. The van der Waals surface area contributed by atoms with Crippen LogP contribution in [0, 0.1) is 0 Å². The molecule has 20 heavy (non-hydrogen) atoms. The minimum atomic E-state index is -0.108. The average molecular weight is 286 g/mol. The SMILES string of the molecule is O=c1c(Cc2ccccc2Cl)c[nH]n1-c1ccccn1. The summed E-state index contributed by atoms with van der Waals surface area (Å²) in [6, 6.07) is 12.9. The van der Waals surface area contributed by atoms with Crippen LogP contribution in [-0.4, -0.2) is 14.8 Å². The molecule has 0 aliphatic rings. The topological polar surface area (TPSA) is 50.7 Å². The van der Waals surface area contributed by atoms with Crippen LogP contribution < -0.4 is 5.56 Å². The maximum absolute atomic E-state index is 12.3. The predicted octanol–water partition coefficient (Wildman–Crippen LogP) is 2.80. The second-order valence-corrected chi connectivity index (χ2v) is 4.80. The molecule has 1 aromatic carbocycles. The summed E-state index contributed by atoms with van der Waals surface area (Å²) in [6.07, 6.45) is 3.84. The van der Waals surface area contributed by atoms with Gasteiger partial charge in [-0.3, -0.25) is 9.89 Å². The molecule has 0 bridgehead atoms. The van der Waals surface area contributed by atoms with E-state index < -0.39 is 0 Å². The van der Waals surface area contributed by atoms with Gasteiger partial charge in [0, 0.05) is 29.4 Å². The molecule has 3 aromatic rings. The number of halogens is 1. The van der Waals surface area contributed by atoms with Crippen molar-refractivity contribution >= 4 is 11.6 Å². The van der Waals surface area contributed by atoms with Crippen LogP contribution in [0.3, 0.4) is 0 Å². The second kappa shape index (κ2) is 5.35. The molecular weight excluding hydrogens is 274 g/mol. The third-order valence-corrected chi connectivity index (χ3v) is 3.43. The minimum Gasteiger partial charge on any atom is -0.296 e. The lowest BCUT2D eigenvalue weighted by molar-refractivity contribution is 0.817. The number of H-pyrrole nitrogens is 1. The van der Waals surface area contributed by atoms with Crippen LogP contribution >= 0.6 is 11.6 Å². The third-order valence-electron chi connectivity index (χ3n) is 3.06. The van der Waals surface area contributed by atoms with Crippen molar-refractivity contribution in [1.29, 1.82) is 0 Å². The van der Waals surface area contributed by atoms with Crippen LogP contribution in [0.1, 0.15) is 11.1 Å². The summed E-state index contributed by atoms with van der Waals surface area (Å²) in [5.41, 5.74) is 1.48. The highest BCUT2D eigenvalue weighted by molar-refractivity contribution is 6.31. The van der Waals surface area contributed by atoms with Crippen LogP contribution in [0.5, 0.6) is 0 Å². The first kappa shape index (κ1) is 12.7. The van der Waals surface area contributed by atoms with Gasteiger partial charge in [-0.2, -0.15) is 0 Å². The molecule has 0 aliphatic carbocycles. The number of aromatic amines is 1. The zero-order valence-electron chi connectivity index (χ0n) is 10.6. The van der Waals surface area contributed by atoms with Gasteiger partial charge >= 0.3 is 0 Å². The molecule has 100 valence electrons.